The van der Waals surface area contributed by atoms with E-state index in [2.05, 4.69) is 5.32 Å². The highest BCUT2D eigenvalue weighted by atomic mass is 127. The molecule has 0 heterocycles. The van der Waals surface area contributed by atoms with Crippen molar-refractivity contribution < 1.29 is 4.79 Å². The number of halogens is 1. The minimum Gasteiger partial charge on any atom is -0.368 e. The molecule has 0 aromatic rings. The highest BCUT2D eigenvalue weighted by Crippen LogP contribution is 1.92. The van der Waals surface area contributed by atoms with E-state index in [0.29, 0.717) is 0 Å². The maximum Gasteiger partial charge on any atom is 0.244 e. The first-order valence-electron chi connectivity index (χ1n) is 2.85. The molecule has 0 saturated carbocycles. The standard InChI is InChI=1S/C5H11IN2O/c1-2-3-8-4(6)5(7)9/h4,8H,2-3H2,1H3,(H2,7,9). The van der Waals surface area contributed by atoms with Crippen LogP contribution in [0.1, 0.15) is 13.3 Å². The van der Waals surface area contributed by atoms with Crippen LogP contribution in [0, 0.1) is 0 Å². The number of nitrogens with one attached hydrogen (secondary N) is 1. The lowest BCUT2D eigenvalue weighted by molar-refractivity contribution is -0.117. The van der Waals surface area contributed by atoms with E-state index in [0.717, 1.165) is 13.0 Å². The molecular formula is C5H11IN2O. The molecule has 3 nitrogen and oxygen atoms in total. The van der Waals surface area contributed by atoms with E-state index in [-0.39, 0.29) is 9.96 Å². The summed E-state index contributed by atoms with van der Waals surface area (Å²) in [6, 6.07) is 0. The van der Waals surface area contributed by atoms with E-state index in [1.807, 2.05) is 29.5 Å². The van der Waals surface area contributed by atoms with E-state index < -0.39 is 0 Å². The number of carbonyl (C=O) groups excluding carboxylic acids is 1. The zero-order chi connectivity index (χ0) is 7.28. The second-order valence-corrected chi connectivity index (χ2v) is 2.96. The van der Waals surface area contributed by atoms with E-state index in [1.165, 1.54) is 0 Å². The topological polar surface area (TPSA) is 55.1 Å². The van der Waals surface area contributed by atoms with Crippen molar-refractivity contribution in [3.63, 3.8) is 0 Å². The number of primary amides is 1. The Labute approximate surface area is 68.5 Å². The molecule has 4 heteroatoms. The maximum atomic E-state index is 10.4. The van der Waals surface area contributed by atoms with Crippen LogP contribution in [0.4, 0.5) is 0 Å². The van der Waals surface area contributed by atoms with Gasteiger partial charge in [0.1, 0.15) is 4.05 Å². The van der Waals surface area contributed by atoms with Gasteiger partial charge >= 0.3 is 0 Å². The first-order valence-corrected chi connectivity index (χ1v) is 4.09. The van der Waals surface area contributed by atoms with Crippen molar-refractivity contribution in [2.45, 2.75) is 17.4 Å². The fraction of sp³-hybridized carbons (Fsp3) is 0.800. The molecule has 0 bridgehead atoms. The molecule has 0 radical (unpaired) electrons. The fourth-order valence-corrected chi connectivity index (χ4v) is 0.683. The molecule has 0 fully saturated rings. The van der Waals surface area contributed by atoms with Crippen molar-refractivity contribution in [2.75, 3.05) is 6.54 Å². The Bertz CT molecular complexity index is 97.0. The number of carbonyl (C=O) groups is 1. The number of rotatable bonds is 4. The van der Waals surface area contributed by atoms with Gasteiger partial charge in [0.05, 0.1) is 0 Å². The molecule has 1 atom stereocenters. The minimum absolute atomic E-state index is 0.220. The van der Waals surface area contributed by atoms with Gasteiger partial charge < -0.3 is 5.73 Å². The van der Waals surface area contributed by atoms with Gasteiger partial charge in [-0.2, -0.15) is 0 Å². The predicted molar refractivity (Wildman–Crippen MR) is 45.3 cm³/mol. The van der Waals surface area contributed by atoms with Crippen molar-refractivity contribution in [2.24, 2.45) is 5.73 Å². The van der Waals surface area contributed by atoms with Gasteiger partial charge in [0.15, 0.2) is 0 Å². The molecule has 54 valence electrons. The van der Waals surface area contributed by atoms with Crippen LogP contribution in [0.3, 0.4) is 0 Å². The molecule has 0 saturated heterocycles. The Balaban J connectivity index is 3.27. The van der Waals surface area contributed by atoms with Crippen LogP contribution in [0.25, 0.3) is 0 Å². The summed E-state index contributed by atoms with van der Waals surface area (Å²) >= 11 is 1.97. The molecule has 0 spiro atoms. The van der Waals surface area contributed by atoms with Gasteiger partial charge in [-0.05, 0) is 13.0 Å². The van der Waals surface area contributed by atoms with Gasteiger partial charge in [0, 0.05) is 0 Å². The van der Waals surface area contributed by atoms with Crippen LogP contribution in [0.5, 0.6) is 0 Å². The van der Waals surface area contributed by atoms with Crippen molar-refractivity contribution in [3.05, 3.63) is 0 Å². The normalized spacial score (nSPS) is 13.1. The van der Waals surface area contributed by atoms with Crippen LogP contribution in [0.2, 0.25) is 0 Å². The highest BCUT2D eigenvalue weighted by Gasteiger charge is 2.06. The average Bonchev–Trinajstić information content (AvgIpc) is 1.82. The second-order valence-electron chi connectivity index (χ2n) is 1.72. The van der Waals surface area contributed by atoms with Gasteiger partial charge in [0.25, 0.3) is 0 Å². The summed E-state index contributed by atoms with van der Waals surface area (Å²) in [5.41, 5.74) is 4.97. The predicted octanol–water partition coefficient (Wildman–Crippen LogP) is 0.232. The molecule has 0 aromatic heterocycles. The zero-order valence-corrected chi connectivity index (χ0v) is 7.51. The van der Waals surface area contributed by atoms with Crippen molar-refractivity contribution >= 4 is 28.5 Å². The smallest absolute Gasteiger partial charge is 0.244 e. The first kappa shape index (κ1) is 9.16. The van der Waals surface area contributed by atoms with Gasteiger partial charge in [0.2, 0.25) is 5.91 Å². The third-order valence-electron chi connectivity index (χ3n) is 0.823. The van der Waals surface area contributed by atoms with E-state index >= 15 is 0 Å². The molecule has 3 N–H and O–H groups in total. The summed E-state index contributed by atoms with van der Waals surface area (Å²) in [6.07, 6.45) is 1.02. The van der Waals surface area contributed by atoms with Crippen LogP contribution in [0.15, 0.2) is 0 Å². The van der Waals surface area contributed by atoms with E-state index in [9.17, 15) is 4.79 Å². The van der Waals surface area contributed by atoms with E-state index in [4.69, 9.17) is 5.73 Å². The number of hydrogen-bond acceptors (Lipinski definition) is 2. The summed E-state index contributed by atoms with van der Waals surface area (Å²) in [5, 5.41) is 2.94. The zero-order valence-electron chi connectivity index (χ0n) is 5.36. The first-order chi connectivity index (χ1) is 4.18. The molecular weight excluding hydrogens is 231 g/mol. The molecule has 1 unspecified atom stereocenters. The summed E-state index contributed by atoms with van der Waals surface area (Å²) in [5.74, 6) is -0.302. The molecule has 1 amide bonds. The molecule has 0 rings (SSSR count). The summed E-state index contributed by atoms with van der Waals surface area (Å²) in [4.78, 5) is 10.4. The Hall–Kier alpha value is 0.160. The maximum absolute atomic E-state index is 10.4. The monoisotopic (exact) mass is 242 g/mol. The highest BCUT2D eigenvalue weighted by molar-refractivity contribution is 14.1. The summed E-state index contributed by atoms with van der Waals surface area (Å²) in [7, 11) is 0. The average molecular weight is 242 g/mol. The van der Waals surface area contributed by atoms with E-state index in [1.54, 1.807) is 0 Å². The lowest BCUT2D eigenvalue weighted by atomic mass is 10.5. The van der Waals surface area contributed by atoms with Crippen LogP contribution in [-0.4, -0.2) is 16.5 Å². The lowest BCUT2D eigenvalue weighted by Crippen LogP contribution is -2.36. The quantitative estimate of drug-likeness (QED) is 0.421. The molecule has 0 aliphatic heterocycles. The Morgan fingerprint density at radius 2 is 2.44 bits per heavy atom. The number of nitrogens with two attached hydrogens (primary N) is 1. The minimum atomic E-state index is -0.302. The summed E-state index contributed by atoms with van der Waals surface area (Å²) in [6.45, 7) is 2.88. The van der Waals surface area contributed by atoms with Gasteiger partial charge in [-0.15, -0.1) is 0 Å². The number of amides is 1. The largest absolute Gasteiger partial charge is 0.368 e. The summed E-state index contributed by atoms with van der Waals surface area (Å²) < 4.78 is -0.220. The Morgan fingerprint density at radius 3 is 2.78 bits per heavy atom. The van der Waals surface area contributed by atoms with Crippen LogP contribution in [-0.2, 0) is 4.79 Å². The van der Waals surface area contributed by atoms with Gasteiger partial charge in [-0.1, -0.05) is 29.5 Å². The molecule has 0 aliphatic carbocycles. The van der Waals surface area contributed by atoms with Crippen LogP contribution >= 0.6 is 22.6 Å². The van der Waals surface area contributed by atoms with Crippen molar-refractivity contribution in [3.8, 4) is 0 Å². The Morgan fingerprint density at radius 1 is 1.89 bits per heavy atom. The van der Waals surface area contributed by atoms with Gasteiger partial charge in [-0.3, -0.25) is 10.1 Å². The molecule has 9 heavy (non-hydrogen) atoms. The number of alkyl halides is 1. The third kappa shape index (κ3) is 4.65. The van der Waals surface area contributed by atoms with Gasteiger partial charge in [-0.25, -0.2) is 0 Å². The molecule has 0 aromatic carbocycles. The SMILES string of the molecule is CCCNC(I)C(N)=O. The van der Waals surface area contributed by atoms with Crippen molar-refractivity contribution in [1.29, 1.82) is 0 Å². The number of hydrogen-bond donors (Lipinski definition) is 2. The lowest BCUT2D eigenvalue weighted by Gasteiger charge is -2.05. The third-order valence-corrected chi connectivity index (χ3v) is 1.88. The van der Waals surface area contributed by atoms with Crippen molar-refractivity contribution in [1.82, 2.24) is 5.32 Å². The molecule has 0 aliphatic rings. The second kappa shape index (κ2) is 4.99. The Kier molecular flexibility index (Phi) is 5.07. The van der Waals surface area contributed by atoms with Crippen LogP contribution < -0.4 is 11.1 Å². The fourth-order valence-electron chi connectivity index (χ4n) is 0.372.